The molecule has 0 aliphatic heterocycles. The van der Waals surface area contributed by atoms with E-state index in [1.165, 1.54) is 51.8 Å². The van der Waals surface area contributed by atoms with Crippen molar-refractivity contribution < 1.29 is 0 Å². The van der Waals surface area contributed by atoms with Gasteiger partial charge in [0.1, 0.15) is 0 Å². The Balaban J connectivity index is 1.50. The minimum Gasteiger partial charge on any atom is -0.0955 e. The van der Waals surface area contributed by atoms with Gasteiger partial charge < -0.3 is 0 Å². The summed E-state index contributed by atoms with van der Waals surface area (Å²) in [6.45, 7) is 20.0. The summed E-state index contributed by atoms with van der Waals surface area (Å²) >= 11 is 0. The molecule has 0 spiro atoms. The van der Waals surface area contributed by atoms with Crippen molar-refractivity contribution in [1.82, 2.24) is 0 Å². The molecule has 2 aromatic rings. The van der Waals surface area contributed by atoms with Crippen LogP contribution in [0.3, 0.4) is 0 Å². The van der Waals surface area contributed by atoms with Gasteiger partial charge in [-0.1, -0.05) is 113 Å². The van der Waals surface area contributed by atoms with Crippen LogP contribution in [0.4, 0.5) is 0 Å². The third kappa shape index (κ3) is 5.85. The topological polar surface area (TPSA) is 0 Å². The molecule has 1 unspecified atom stereocenters. The van der Waals surface area contributed by atoms with Gasteiger partial charge in [-0.15, -0.1) is 0 Å². The fraction of sp³-hybridized carbons (Fsp3) is 0.394. The van der Waals surface area contributed by atoms with Gasteiger partial charge >= 0.3 is 0 Å². The molecular formula is C33H40. The molecule has 0 amide bonds. The summed E-state index contributed by atoms with van der Waals surface area (Å²) in [5.41, 5.74) is 11.1. The van der Waals surface area contributed by atoms with Crippen molar-refractivity contribution in [3.05, 3.63) is 107 Å². The Hall–Kier alpha value is -2.60. The third-order valence-electron chi connectivity index (χ3n) is 7.04. The highest BCUT2D eigenvalue weighted by molar-refractivity contribution is 5.66. The Kier molecular flexibility index (Phi) is 6.66. The van der Waals surface area contributed by atoms with Gasteiger partial charge in [-0.05, 0) is 83.2 Å². The Morgan fingerprint density at radius 3 is 2.27 bits per heavy atom. The second-order valence-electron chi connectivity index (χ2n) is 11.6. The molecule has 2 aliphatic rings. The number of hydrogen-bond donors (Lipinski definition) is 0. The summed E-state index contributed by atoms with van der Waals surface area (Å²) < 4.78 is 0. The summed E-state index contributed by atoms with van der Waals surface area (Å²) in [5.74, 6) is 1.58. The van der Waals surface area contributed by atoms with Gasteiger partial charge in [0.25, 0.3) is 0 Å². The molecule has 0 aromatic heterocycles. The normalized spacial score (nSPS) is 18.8. The van der Waals surface area contributed by atoms with E-state index in [0.29, 0.717) is 17.3 Å². The van der Waals surface area contributed by atoms with Crippen LogP contribution in [0.15, 0.2) is 79.4 Å². The van der Waals surface area contributed by atoms with Crippen LogP contribution in [0.5, 0.6) is 0 Å². The predicted octanol–water partition coefficient (Wildman–Crippen LogP) is 9.51. The summed E-state index contributed by atoms with van der Waals surface area (Å²) in [6.07, 6.45) is 11.7. The zero-order valence-corrected chi connectivity index (χ0v) is 21.2. The zero-order chi connectivity index (χ0) is 23.8. The van der Waals surface area contributed by atoms with E-state index < -0.39 is 0 Å². The third-order valence-corrected chi connectivity index (χ3v) is 7.04. The highest BCUT2D eigenvalue weighted by Crippen LogP contribution is 2.43. The van der Waals surface area contributed by atoms with Crippen LogP contribution in [-0.2, 0) is 6.42 Å². The van der Waals surface area contributed by atoms with Crippen molar-refractivity contribution in [1.29, 1.82) is 0 Å². The Labute approximate surface area is 201 Å². The van der Waals surface area contributed by atoms with E-state index in [1.54, 1.807) is 0 Å². The van der Waals surface area contributed by atoms with Crippen molar-refractivity contribution in [2.24, 2.45) is 11.3 Å². The number of benzene rings is 2. The highest BCUT2D eigenvalue weighted by Gasteiger charge is 2.26. The lowest BCUT2D eigenvalue weighted by Gasteiger charge is -2.23. The fourth-order valence-electron chi connectivity index (χ4n) is 5.14. The molecule has 0 radical (unpaired) electrons. The van der Waals surface area contributed by atoms with Crippen LogP contribution in [-0.4, -0.2) is 0 Å². The summed E-state index contributed by atoms with van der Waals surface area (Å²) in [4.78, 5) is 0. The molecule has 0 saturated heterocycles. The van der Waals surface area contributed by atoms with E-state index in [2.05, 4.69) is 108 Å². The smallest absolute Gasteiger partial charge is 0.0237 e. The first-order valence-corrected chi connectivity index (χ1v) is 12.6. The van der Waals surface area contributed by atoms with Gasteiger partial charge in [0.2, 0.25) is 0 Å². The average Bonchev–Trinajstić information content (AvgIpc) is 3.48. The molecule has 1 fully saturated rings. The minimum atomic E-state index is 0.293. The molecular weight excluding hydrogens is 396 g/mol. The Morgan fingerprint density at radius 1 is 0.970 bits per heavy atom. The lowest BCUT2D eigenvalue weighted by molar-refractivity contribution is 0.411. The molecule has 4 rings (SSSR count). The van der Waals surface area contributed by atoms with E-state index in [0.717, 1.165) is 24.3 Å². The van der Waals surface area contributed by atoms with Crippen molar-refractivity contribution in [2.75, 3.05) is 0 Å². The molecule has 0 heterocycles. The van der Waals surface area contributed by atoms with Gasteiger partial charge in [0, 0.05) is 5.92 Å². The average molecular weight is 437 g/mol. The Bertz CT molecular complexity index is 1090. The van der Waals surface area contributed by atoms with Gasteiger partial charge in [-0.25, -0.2) is 0 Å². The van der Waals surface area contributed by atoms with Crippen LogP contribution in [0.25, 0.3) is 11.1 Å². The first-order chi connectivity index (χ1) is 15.6. The van der Waals surface area contributed by atoms with Gasteiger partial charge in [-0.2, -0.15) is 0 Å². The van der Waals surface area contributed by atoms with Crippen molar-refractivity contribution >= 4 is 11.1 Å². The quantitative estimate of drug-likeness (QED) is 0.386. The molecule has 172 valence electrons. The number of hydrogen-bond acceptors (Lipinski definition) is 0. The highest BCUT2D eigenvalue weighted by atomic mass is 14.3. The maximum Gasteiger partial charge on any atom is 0.0237 e. The largest absolute Gasteiger partial charge is 0.0955 e. The lowest BCUT2D eigenvalue weighted by atomic mass is 9.81. The Morgan fingerprint density at radius 2 is 1.67 bits per heavy atom. The van der Waals surface area contributed by atoms with Crippen LogP contribution < -0.4 is 0 Å². The first-order valence-electron chi connectivity index (χ1n) is 12.6. The SMILES string of the molecule is C=C(C)c1ccc(C2C=CC=C2[C@H](C)CC(=C)c2cc(CC(C)(C)C)cc(C3CC3)c2)cc1. The second-order valence-corrected chi connectivity index (χ2v) is 11.6. The standard InChI is InChI=1S/C33H40/c1-22(2)26-11-15-28(16-12-26)32-10-8-9-31(32)24(4)17-23(3)29-18-25(21-33(5,6)7)19-30(20-29)27-13-14-27/h8-12,15-16,18-20,24,27,32H,1,3,13-14,17,21H2,2,4-7H3/t24-,32?/m1/s1. The monoisotopic (exact) mass is 436 g/mol. The molecule has 33 heavy (non-hydrogen) atoms. The summed E-state index contributed by atoms with van der Waals surface area (Å²) in [5, 5.41) is 0. The number of allylic oxidation sites excluding steroid dienone is 6. The maximum absolute atomic E-state index is 4.57. The molecule has 2 atom stereocenters. The molecule has 2 aliphatic carbocycles. The molecule has 0 bridgehead atoms. The molecule has 0 nitrogen and oxygen atoms in total. The van der Waals surface area contributed by atoms with Gasteiger partial charge in [0.15, 0.2) is 0 Å². The lowest BCUT2D eigenvalue weighted by Crippen LogP contribution is -2.10. The molecule has 1 saturated carbocycles. The van der Waals surface area contributed by atoms with Crippen LogP contribution in [0.1, 0.15) is 93.5 Å². The number of rotatable bonds is 8. The van der Waals surface area contributed by atoms with Gasteiger partial charge in [0.05, 0.1) is 0 Å². The van der Waals surface area contributed by atoms with Crippen molar-refractivity contribution in [3.63, 3.8) is 0 Å². The first kappa shape index (κ1) is 23.6. The van der Waals surface area contributed by atoms with E-state index in [4.69, 9.17) is 0 Å². The van der Waals surface area contributed by atoms with Gasteiger partial charge in [-0.3, -0.25) is 0 Å². The zero-order valence-electron chi connectivity index (χ0n) is 21.2. The minimum absolute atomic E-state index is 0.293. The van der Waals surface area contributed by atoms with E-state index >= 15 is 0 Å². The van der Waals surface area contributed by atoms with E-state index in [-0.39, 0.29) is 0 Å². The van der Waals surface area contributed by atoms with Crippen molar-refractivity contribution in [2.45, 2.75) is 72.1 Å². The maximum atomic E-state index is 4.57. The van der Waals surface area contributed by atoms with Crippen molar-refractivity contribution in [3.8, 4) is 0 Å². The molecule has 0 heteroatoms. The van der Waals surface area contributed by atoms with E-state index in [9.17, 15) is 0 Å². The fourth-order valence-corrected chi connectivity index (χ4v) is 5.14. The van der Waals surface area contributed by atoms with E-state index in [1.807, 2.05) is 0 Å². The van der Waals surface area contributed by atoms with Crippen LogP contribution >= 0.6 is 0 Å². The van der Waals surface area contributed by atoms with Crippen LogP contribution in [0.2, 0.25) is 0 Å². The van der Waals surface area contributed by atoms with Crippen LogP contribution in [0, 0.1) is 11.3 Å². The summed E-state index contributed by atoms with van der Waals surface area (Å²) in [7, 11) is 0. The second kappa shape index (κ2) is 9.34. The summed E-state index contributed by atoms with van der Waals surface area (Å²) in [6, 6.07) is 16.2. The molecule has 2 aromatic carbocycles. The molecule has 0 N–H and O–H groups in total. The predicted molar refractivity (Wildman–Crippen MR) is 146 cm³/mol.